The van der Waals surface area contributed by atoms with Gasteiger partial charge < -0.3 is 20.1 Å². The van der Waals surface area contributed by atoms with Crippen LogP contribution >= 0.6 is 0 Å². The Morgan fingerprint density at radius 2 is 1.97 bits per heavy atom. The Kier molecular flexibility index (Phi) is 4.75. The number of halogens is 2. The van der Waals surface area contributed by atoms with E-state index in [1.54, 1.807) is 0 Å². The Morgan fingerprint density at radius 3 is 2.68 bits per heavy atom. The van der Waals surface area contributed by atoms with Gasteiger partial charge >= 0.3 is 0 Å². The van der Waals surface area contributed by atoms with Crippen LogP contribution in [0, 0.1) is 5.95 Å². The van der Waals surface area contributed by atoms with E-state index >= 15 is 4.39 Å². The molecule has 2 aromatic heterocycles. The maximum Gasteiger partial charge on any atom is 0.245 e. The smallest absolute Gasteiger partial charge is 0.245 e. The van der Waals surface area contributed by atoms with E-state index in [2.05, 4.69) is 37.6 Å². The number of rotatable bonds is 6. The summed E-state index contributed by atoms with van der Waals surface area (Å²) in [6.45, 7) is 4.09. The normalized spacial score (nSPS) is 30.3. The summed E-state index contributed by atoms with van der Waals surface area (Å²) in [5.41, 5.74) is -0.0236. The van der Waals surface area contributed by atoms with Gasteiger partial charge in [0.05, 0.1) is 23.4 Å². The summed E-state index contributed by atoms with van der Waals surface area (Å²) >= 11 is 0. The first-order chi connectivity index (χ1) is 18.8. The number of nitrogens with one attached hydrogen (secondary N) is 1. The second-order valence-corrected chi connectivity index (χ2v) is 10.8. The fraction of sp³-hybridized carbons (Fsp3) is 0.500. The number of phenols is 1. The molecule has 2 saturated heterocycles. The minimum absolute atomic E-state index is 0.102. The quantitative estimate of drug-likeness (QED) is 0.509. The van der Waals surface area contributed by atoms with Gasteiger partial charge in [-0.1, -0.05) is 6.07 Å². The standard InChI is InChI=1S/C26H29F2N7O2/c1-25-8-9-26(2,34-25)22(27)19(12-25)35(15-5-6-15)24-29-13-18(30-33-24)16-7-4-14(10-20(16)36)17-11-21(37-3)31-32-23(17)28/h4,7,10-11,13,15,19,22,34,36H,5-6,8-9,12H2,1-3H3/t19-,22-,25-,26+/m1/s1/i3D3. The summed E-state index contributed by atoms with van der Waals surface area (Å²) in [6.07, 6.45) is 4.62. The van der Waals surface area contributed by atoms with Crippen LogP contribution in [0.2, 0.25) is 0 Å². The van der Waals surface area contributed by atoms with Crippen molar-refractivity contribution < 1.29 is 22.7 Å². The lowest BCUT2D eigenvalue weighted by molar-refractivity contribution is 0.0828. The van der Waals surface area contributed by atoms with Crippen molar-refractivity contribution in [2.75, 3.05) is 11.9 Å². The Morgan fingerprint density at radius 1 is 1.14 bits per heavy atom. The zero-order chi connectivity index (χ0) is 28.4. The molecule has 3 aliphatic rings. The molecule has 0 radical (unpaired) electrons. The Bertz CT molecular complexity index is 1440. The van der Waals surface area contributed by atoms with Gasteiger partial charge in [-0.15, -0.1) is 20.4 Å². The largest absolute Gasteiger partial charge is 0.507 e. The summed E-state index contributed by atoms with van der Waals surface area (Å²) in [5.74, 6) is -1.22. The number of piperidine rings is 1. The highest BCUT2D eigenvalue weighted by atomic mass is 19.1. The van der Waals surface area contributed by atoms with Gasteiger partial charge in [0, 0.05) is 34.3 Å². The molecule has 1 aliphatic carbocycles. The molecule has 2 bridgehead atoms. The van der Waals surface area contributed by atoms with Crippen LogP contribution in [0.5, 0.6) is 11.6 Å². The number of anilines is 1. The second-order valence-electron chi connectivity index (χ2n) is 10.8. The molecule has 0 amide bonds. The lowest BCUT2D eigenvalue weighted by Crippen LogP contribution is -2.66. The fourth-order valence-electron chi connectivity index (χ4n) is 5.91. The van der Waals surface area contributed by atoms with E-state index < -0.39 is 24.7 Å². The molecule has 1 saturated carbocycles. The van der Waals surface area contributed by atoms with Gasteiger partial charge in [0.2, 0.25) is 17.8 Å². The van der Waals surface area contributed by atoms with Gasteiger partial charge in [0.15, 0.2) is 0 Å². The number of hydrogen-bond acceptors (Lipinski definition) is 9. The van der Waals surface area contributed by atoms with Crippen LogP contribution in [-0.4, -0.2) is 66.9 Å². The lowest BCUT2D eigenvalue weighted by Gasteiger charge is -2.48. The summed E-state index contributed by atoms with van der Waals surface area (Å²) in [4.78, 5) is 6.52. The first kappa shape index (κ1) is 20.6. The van der Waals surface area contributed by atoms with Crippen molar-refractivity contribution in [3.8, 4) is 34.0 Å². The van der Waals surface area contributed by atoms with Crippen LogP contribution in [0.25, 0.3) is 22.4 Å². The molecular formula is C26H29F2N7O2. The molecule has 11 heteroatoms. The van der Waals surface area contributed by atoms with E-state index in [1.807, 2.05) is 11.8 Å². The van der Waals surface area contributed by atoms with E-state index in [1.165, 1.54) is 24.4 Å². The number of hydrogen-bond donors (Lipinski definition) is 2. The molecule has 194 valence electrons. The highest BCUT2D eigenvalue weighted by molar-refractivity contribution is 5.74. The maximum atomic E-state index is 15.8. The Hall–Kier alpha value is -3.47. The van der Waals surface area contributed by atoms with E-state index in [0.29, 0.717) is 17.9 Å². The Labute approximate surface area is 217 Å². The molecule has 9 nitrogen and oxygen atoms in total. The van der Waals surface area contributed by atoms with Crippen molar-refractivity contribution in [1.29, 1.82) is 0 Å². The molecule has 0 spiro atoms. The van der Waals surface area contributed by atoms with Crippen molar-refractivity contribution >= 4 is 5.95 Å². The van der Waals surface area contributed by atoms with Gasteiger partial charge in [-0.2, -0.15) is 4.39 Å². The van der Waals surface area contributed by atoms with Crippen molar-refractivity contribution in [1.82, 2.24) is 30.7 Å². The number of fused-ring (bicyclic) bond motifs is 2. The van der Waals surface area contributed by atoms with Crippen LogP contribution in [0.15, 0.2) is 30.5 Å². The van der Waals surface area contributed by atoms with Crippen LogP contribution < -0.4 is 15.0 Å². The van der Waals surface area contributed by atoms with Gasteiger partial charge in [-0.3, -0.25) is 0 Å². The number of nitrogens with zero attached hydrogens (tertiary/aromatic N) is 6. The van der Waals surface area contributed by atoms with Gasteiger partial charge in [-0.05, 0) is 63.6 Å². The van der Waals surface area contributed by atoms with Gasteiger partial charge in [0.25, 0.3) is 0 Å². The van der Waals surface area contributed by atoms with Crippen molar-refractivity contribution in [3.63, 3.8) is 0 Å². The third kappa shape index (κ3) is 4.14. The summed E-state index contributed by atoms with van der Waals surface area (Å²) in [7, 11) is -2.78. The number of phenolic OH excluding ortho intramolecular Hbond substituents is 1. The van der Waals surface area contributed by atoms with E-state index in [9.17, 15) is 9.50 Å². The fourth-order valence-corrected chi connectivity index (χ4v) is 5.91. The van der Waals surface area contributed by atoms with E-state index in [0.717, 1.165) is 31.7 Å². The summed E-state index contributed by atoms with van der Waals surface area (Å²) in [5, 5.41) is 29.6. The molecule has 4 atom stereocenters. The zero-order valence-electron chi connectivity index (χ0n) is 23.4. The van der Waals surface area contributed by atoms with E-state index in [-0.39, 0.29) is 46.1 Å². The number of ether oxygens (including phenoxy) is 1. The average Bonchev–Trinajstić information content (AvgIpc) is 3.68. The van der Waals surface area contributed by atoms with Crippen LogP contribution in [0.3, 0.4) is 0 Å². The van der Waals surface area contributed by atoms with Crippen LogP contribution in [0.1, 0.15) is 50.1 Å². The molecule has 4 heterocycles. The number of aromatic nitrogens is 5. The molecule has 0 unspecified atom stereocenters. The SMILES string of the molecule is [2H]C([2H])([2H])Oc1cc(-c2ccc(-c3cnc(N(C4CC4)[C@@H]4C[C@@]5(C)CC[C@](C)(N5)[C@@H]4F)nn3)c(O)c2)c(F)nn1. The minimum atomic E-state index is -2.78. The highest BCUT2D eigenvalue weighted by Crippen LogP contribution is 2.47. The van der Waals surface area contributed by atoms with Crippen molar-refractivity contribution in [2.24, 2.45) is 0 Å². The number of benzene rings is 1. The minimum Gasteiger partial charge on any atom is -0.507 e. The van der Waals surface area contributed by atoms with Gasteiger partial charge in [0.1, 0.15) is 17.6 Å². The number of aromatic hydroxyl groups is 1. The predicted octanol–water partition coefficient (Wildman–Crippen LogP) is 3.83. The molecule has 2 N–H and O–H groups in total. The lowest BCUT2D eigenvalue weighted by atomic mass is 9.82. The molecule has 37 heavy (non-hydrogen) atoms. The molecule has 1 aromatic carbocycles. The number of methoxy groups -OCH3 is 1. The number of alkyl halides is 1. The van der Waals surface area contributed by atoms with Gasteiger partial charge in [-0.25, -0.2) is 9.37 Å². The van der Waals surface area contributed by atoms with Crippen LogP contribution in [-0.2, 0) is 0 Å². The third-order valence-electron chi connectivity index (χ3n) is 7.88. The maximum absolute atomic E-state index is 15.8. The van der Waals surface area contributed by atoms with Crippen molar-refractivity contribution in [3.05, 3.63) is 36.4 Å². The average molecular weight is 513 g/mol. The molecule has 2 aliphatic heterocycles. The summed E-state index contributed by atoms with van der Waals surface area (Å²) in [6, 6.07) is 5.21. The van der Waals surface area contributed by atoms with E-state index in [4.69, 9.17) is 8.85 Å². The molecular weight excluding hydrogens is 480 g/mol. The molecule has 6 rings (SSSR count). The second kappa shape index (κ2) is 8.54. The summed E-state index contributed by atoms with van der Waals surface area (Å²) < 4.78 is 56.5. The third-order valence-corrected chi connectivity index (χ3v) is 7.88. The zero-order valence-corrected chi connectivity index (χ0v) is 20.4. The molecule has 3 aromatic rings. The molecule has 3 fully saturated rings. The highest BCUT2D eigenvalue weighted by Gasteiger charge is 2.58. The first-order valence-corrected chi connectivity index (χ1v) is 12.3. The monoisotopic (exact) mass is 512 g/mol. The predicted molar refractivity (Wildman–Crippen MR) is 132 cm³/mol. The van der Waals surface area contributed by atoms with Crippen LogP contribution in [0.4, 0.5) is 14.7 Å². The Balaban J connectivity index is 1.26. The first-order valence-electron chi connectivity index (χ1n) is 13.8. The van der Waals surface area contributed by atoms with Crippen molar-refractivity contribution in [2.45, 2.75) is 75.3 Å². The topological polar surface area (TPSA) is 109 Å².